The topological polar surface area (TPSA) is 43.1 Å². The molecular formula is C13H8Cl2INO. The number of rotatable bonds is 2. The van der Waals surface area contributed by atoms with Crippen molar-refractivity contribution in [3.8, 4) is 0 Å². The van der Waals surface area contributed by atoms with Crippen molar-refractivity contribution in [2.45, 2.75) is 0 Å². The van der Waals surface area contributed by atoms with Crippen molar-refractivity contribution in [3.05, 3.63) is 61.1 Å². The Morgan fingerprint density at radius 1 is 1.00 bits per heavy atom. The number of carbonyl (C=O) groups excluding carboxylic acids is 1. The molecule has 0 unspecified atom stereocenters. The van der Waals surface area contributed by atoms with Crippen molar-refractivity contribution in [1.82, 2.24) is 0 Å². The molecule has 0 aromatic heterocycles. The molecule has 0 heterocycles. The Morgan fingerprint density at radius 3 is 2.11 bits per heavy atom. The molecule has 0 saturated heterocycles. The van der Waals surface area contributed by atoms with E-state index in [9.17, 15) is 4.79 Å². The maximum Gasteiger partial charge on any atom is 0.193 e. The van der Waals surface area contributed by atoms with Crippen LogP contribution in [0.3, 0.4) is 0 Å². The second-order valence-corrected chi connectivity index (χ2v) is 5.67. The van der Waals surface area contributed by atoms with Gasteiger partial charge < -0.3 is 5.73 Å². The second kappa shape index (κ2) is 5.47. The molecule has 92 valence electrons. The molecule has 0 aliphatic carbocycles. The van der Waals surface area contributed by atoms with Crippen molar-refractivity contribution in [2.24, 2.45) is 0 Å². The summed E-state index contributed by atoms with van der Waals surface area (Å²) >= 11 is 14.0. The monoisotopic (exact) mass is 391 g/mol. The summed E-state index contributed by atoms with van der Waals surface area (Å²) in [5.74, 6) is -0.129. The number of hydrogen-bond donors (Lipinski definition) is 1. The molecule has 0 radical (unpaired) electrons. The van der Waals surface area contributed by atoms with E-state index in [1.807, 2.05) is 0 Å². The predicted octanol–water partition coefficient (Wildman–Crippen LogP) is 4.41. The molecule has 2 aromatic rings. The zero-order valence-electron chi connectivity index (χ0n) is 9.08. The Hall–Kier alpha value is -0.780. The minimum Gasteiger partial charge on any atom is -0.398 e. The van der Waals surface area contributed by atoms with Gasteiger partial charge in [0.25, 0.3) is 0 Å². The van der Waals surface area contributed by atoms with Crippen LogP contribution in [0.25, 0.3) is 0 Å². The summed E-state index contributed by atoms with van der Waals surface area (Å²) in [7, 11) is 0. The van der Waals surface area contributed by atoms with Gasteiger partial charge in [-0.1, -0.05) is 23.2 Å². The number of nitrogen functional groups attached to an aromatic ring is 1. The van der Waals surface area contributed by atoms with Crippen LogP contribution in [0.5, 0.6) is 0 Å². The fourth-order valence-corrected chi connectivity index (χ4v) is 2.17. The number of benzene rings is 2. The van der Waals surface area contributed by atoms with Gasteiger partial charge in [-0.2, -0.15) is 0 Å². The predicted molar refractivity (Wildman–Crippen MR) is 83.5 cm³/mol. The van der Waals surface area contributed by atoms with Gasteiger partial charge in [-0.25, -0.2) is 0 Å². The van der Waals surface area contributed by atoms with Gasteiger partial charge in [0.05, 0.1) is 15.7 Å². The van der Waals surface area contributed by atoms with E-state index in [4.69, 9.17) is 28.9 Å². The van der Waals surface area contributed by atoms with Gasteiger partial charge in [-0.05, 0) is 59.0 Å². The van der Waals surface area contributed by atoms with E-state index in [2.05, 4.69) is 22.6 Å². The van der Waals surface area contributed by atoms with Gasteiger partial charge in [0.15, 0.2) is 5.78 Å². The van der Waals surface area contributed by atoms with Gasteiger partial charge in [0, 0.05) is 14.7 Å². The molecule has 0 bridgehead atoms. The highest BCUT2D eigenvalue weighted by Gasteiger charge is 2.11. The maximum atomic E-state index is 12.2. The Labute approximate surface area is 128 Å². The minimum absolute atomic E-state index is 0.129. The lowest BCUT2D eigenvalue weighted by Gasteiger charge is -2.05. The third kappa shape index (κ3) is 2.79. The van der Waals surface area contributed by atoms with E-state index in [0.717, 1.165) is 3.57 Å². The number of nitrogens with two attached hydrogens (primary N) is 1. The lowest BCUT2D eigenvalue weighted by atomic mass is 10.0. The fourth-order valence-electron chi connectivity index (χ4n) is 1.47. The summed E-state index contributed by atoms with van der Waals surface area (Å²) in [6, 6.07) is 10.0. The van der Waals surface area contributed by atoms with Gasteiger partial charge >= 0.3 is 0 Å². The second-order valence-electron chi connectivity index (χ2n) is 3.69. The largest absolute Gasteiger partial charge is 0.398 e. The zero-order valence-corrected chi connectivity index (χ0v) is 12.8. The van der Waals surface area contributed by atoms with E-state index in [0.29, 0.717) is 26.9 Å². The van der Waals surface area contributed by atoms with Crippen molar-refractivity contribution >= 4 is 57.3 Å². The first-order chi connectivity index (χ1) is 8.49. The van der Waals surface area contributed by atoms with Crippen LogP contribution in [0.2, 0.25) is 10.0 Å². The number of hydrogen-bond acceptors (Lipinski definition) is 2. The first-order valence-electron chi connectivity index (χ1n) is 5.04. The molecule has 2 rings (SSSR count). The molecule has 0 fully saturated rings. The average molecular weight is 392 g/mol. The first kappa shape index (κ1) is 13.6. The van der Waals surface area contributed by atoms with Crippen molar-refractivity contribution < 1.29 is 4.79 Å². The van der Waals surface area contributed by atoms with E-state index in [-0.39, 0.29) is 5.78 Å². The van der Waals surface area contributed by atoms with Gasteiger partial charge in [-0.3, -0.25) is 4.79 Å². The van der Waals surface area contributed by atoms with Crippen LogP contribution >= 0.6 is 45.8 Å². The highest BCUT2D eigenvalue weighted by molar-refractivity contribution is 14.1. The molecule has 2 aromatic carbocycles. The van der Waals surface area contributed by atoms with Crippen molar-refractivity contribution in [3.63, 3.8) is 0 Å². The number of halogens is 3. The van der Waals surface area contributed by atoms with Gasteiger partial charge in [0.2, 0.25) is 0 Å². The first-order valence-corrected chi connectivity index (χ1v) is 6.87. The molecule has 5 heteroatoms. The van der Waals surface area contributed by atoms with Crippen LogP contribution in [0, 0.1) is 3.57 Å². The molecule has 2 N–H and O–H groups in total. The summed E-state index contributed by atoms with van der Waals surface area (Å²) in [6.45, 7) is 0. The van der Waals surface area contributed by atoms with Crippen LogP contribution in [0.15, 0.2) is 36.4 Å². The zero-order chi connectivity index (χ0) is 13.3. The number of ketones is 1. The quantitative estimate of drug-likeness (QED) is 0.468. The lowest BCUT2D eigenvalue weighted by Crippen LogP contribution is -2.02. The van der Waals surface area contributed by atoms with E-state index in [1.165, 1.54) is 0 Å². The Kier molecular flexibility index (Phi) is 4.14. The molecule has 0 aliphatic heterocycles. The molecule has 0 atom stereocenters. The van der Waals surface area contributed by atoms with Crippen LogP contribution in [0.1, 0.15) is 15.9 Å². The van der Waals surface area contributed by atoms with Gasteiger partial charge in [-0.15, -0.1) is 0 Å². The highest BCUT2D eigenvalue weighted by Crippen LogP contribution is 2.24. The van der Waals surface area contributed by atoms with Crippen LogP contribution < -0.4 is 5.73 Å². The molecule has 18 heavy (non-hydrogen) atoms. The molecule has 0 spiro atoms. The summed E-state index contributed by atoms with van der Waals surface area (Å²) < 4.78 is 0.904. The number of carbonyl (C=O) groups is 1. The summed E-state index contributed by atoms with van der Waals surface area (Å²) in [5, 5.41) is 0.931. The maximum absolute atomic E-state index is 12.2. The lowest BCUT2D eigenvalue weighted by molar-refractivity contribution is 0.103. The Bertz CT molecular complexity index is 575. The SMILES string of the molecule is Nc1ccc(C(=O)c2ccc(I)c(Cl)c2)cc1Cl. The van der Waals surface area contributed by atoms with Crippen LogP contribution in [-0.2, 0) is 0 Å². The summed E-state index contributed by atoms with van der Waals surface area (Å²) in [4.78, 5) is 12.2. The minimum atomic E-state index is -0.129. The molecule has 0 amide bonds. The third-order valence-corrected chi connectivity index (χ3v) is 4.34. The summed E-state index contributed by atoms with van der Waals surface area (Å²) in [6.07, 6.45) is 0. The van der Waals surface area contributed by atoms with E-state index < -0.39 is 0 Å². The van der Waals surface area contributed by atoms with Crippen LogP contribution in [-0.4, -0.2) is 5.78 Å². The van der Waals surface area contributed by atoms with Crippen molar-refractivity contribution in [1.29, 1.82) is 0 Å². The molecular weight excluding hydrogens is 384 g/mol. The molecule has 0 saturated carbocycles. The average Bonchev–Trinajstić information content (AvgIpc) is 2.35. The Balaban J connectivity index is 2.41. The normalized spacial score (nSPS) is 10.4. The number of anilines is 1. The van der Waals surface area contributed by atoms with Crippen LogP contribution in [0.4, 0.5) is 5.69 Å². The van der Waals surface area contributed by atoms with Crippen molar-refractivity contribution in [2.75, 3.05) is 5.73 Å². The highest BCUT2D eigenvalue weighted by atomic mass is 127. The molecule has 0 aliphatic rings. The van der Waals surface area contributed by atoms with E-state index >= 15 is 0 Å². The Morgan fingerprint density at radius 2 is 1.56 bits per heavy atom. The standard InChI is InChI=1S/C13H8Cl2INO/c14-9-5-7(1-3-11(9)16)13(18)8-2-4-12(17)10(15)6-8/h1-6H,17H2. The molecule has 2 nitrogen and oxygen atoms in total. The van der Waals surface area contributed by atoms with E-state index in [1.54, 1.807) is 36.4 Å². The van der Waals surface area contributed by atoms with Gasteiger partial charge in [0.1, 0.15) is 0 Å². The fraction of sp³-hybridized carbons (Fsp3) is 0. The third-order valence-electron chi connectivity index (χ3n) is 2.44. The summed E-state index contributed by atoms with van der Waals surface area (Å²) in [5.41, 5.74) is 7.08. The smallest absolute Gasteiger partial charge is 0.193 e.